The third-order valence-corrected chi connectivity index (χ3v) is 5.08. The summed E-state index contributed by atoms with van der Waals surface area (Å²) in [5, 5.41) is 4.71. The number of fused-ring (bicyclic) bond motifs is 1. The number of likely N-dealkylation sites (tertiary alicyclic amines) is 1. The van der Waals surface area contributed by atoms with Crippen molar-refractivity contribution in [2.75, 3.05) is 19.6 Å². The number of hydrogen-bond acceptors (Lipinski definition) is 5. The summed E-state index contributed by atoms with van der Waals surface area (Å²) < 4.78 is 1.84. The van der Waals surface area contributed by atoms with Crippen LogP contribution in [0.5, 0.6) is 0 Å². The number of nitrogens with two attached hydrogens (primary N) is 1. The molecule has 3 heterocycles. The molecule has 0 radical (unpaired) electrons. The van der Waals surface area contributed by atoms with Crippen molar-refractivity contribution in [3.8, 4) is 0 Å². The first-order chi connectivity index (χ1) is 11.3. The van der Waals surface area contributed by atoms with E-state index in [1.165, 1.54) is 6.42 Å². The predicted molar refractivity (Wildman–Crippen MR) is 85.7 cm³/mol. The van der Waals surface area contributed by atoms with Crippen molar-refractivity contribution in [2.45, 2.75) is 38.1 Å². The molecule has 1 atom stereocenters. The third-order valence-electron chi connectivity index (χ3n) is 5.08. The molecule has 1 aliphatic heterocycles. The Bertz CT molecular complexity index is 722. The number of rotatable bonds is 4. The molecule has 2 aromatic rings. The first-order valence-corrected chi connectivity index (χ1v) is 8.44. The van der Waals surface area contributed by atoms with Crippen molar-refractivity contribution in [1.29, 1.82) is 0 Å². The summed E-state index contributed by atoms with van der Waals surface area (Å²) in [5.74, 6) is 0.841. The summed E-state index contributed by atoms with van der Waals surface area (Å²) >= 11 is 0. The highest BCUT2D eigenvalue weighted by Gasteiger charge is 2.35. The maximum Gasteiger partial charge on any atom is 0.225 e. The summed E-state index contributed by atoms with van der Waals surface area (Å²) in [6.45, 7) is 2.72. The van der Waals surface area contributed by atoms with E-state index in [2.05, 4.69) is 9.97 Å². The average molecular weight is 314 g/mol. The van der Waals surface area contributed by atoms with Crippen LogP contribution in [0.4, 0.5) is 0 Å². The minimum atomic E-state index is 0.247. The average Bonchev–Trinajstić information content (AvgIpc) is 3.11. The highest BCUT2D eigenvalue weighted by atomic mass is 16.2. The molecular formula is C16H22N6O. The van der Waals surface area contributed by atoms with Gasteiger partial charge in [-0.25, -0.2) is 14.6 Å². The van der Waals surface area contributed by atoms with E-state index in [0.29, 0.717) is 19.0 Å². The van der Waals surface area contributed by atoms with E-state index < -0.39 is 0 Å². The molecule has 0 bridgehead atoms. The molecule has 2 N–H and O–H groups in total. The van der Waals surface area contributed by atoms with Gasteiger partial charge in [0.25, 0.3) is 0 Å². The molecular weight excluding hydrogens is 292 g/mol. The van der Waals surface area contributed by atoms with E-state index in [4.69, 9.17) is 10.8 Å². The van der Waals surface area contributed by atoms with Crippen LogP contribution in [-0.2, 0) is 11.3 Å². The molecule has 1 unspecified atom stereocenters. The van der Waals surface area contributed by atoms with Crippen LogP contribution in [0.3, 0.4) is 0 Å². The second kappa shape index (κ2) is 5.88. The van der Waals surface area contributed by atoms with Crippen LogP contribution in [0.1, 0.15) is 37.3 Å². The highest BCUT2D eigenvalue weighted by molar-refractivity contribution is 5.80. The van der Waals surface area contributed by atoms with Crippen molar-refractivity contribution < 1.29 is 4.79 Å². The van der Waals surface area contributed by atoms with Gasteiger partial charge in [-0.1, -0.05) is 6.42 Å². The molecule has 7 nitrogen and oxygen atoms in total. The van der Waals surface area contributed by atoms with E-state index in [9.17, 15) is 4.79 Å². The van der Waals surface area contributed by atoms with E-state index in [-0.39, 0.29) is 11.8 Å². The lowest BCUT2D eigenvalue weighted by Gasteiger charge is -2.29. The molecule has 4 rings (SSSR count). The quantitative estimate of drug-likeness (QED) is 0.905. The van der Waals surface area contributed by atoms with Gasteiger partial charge < -0.3 is 10.6 Å². The number of carbonyl (C=O) groups is 1. The van der Waals surface area contributed by atoms with Gasteiger partial charge in [0, 0.05) is 43.9 Å². The molecule has 1 saturated heterocycles. The highest BCUT2D eigenvalue weighted by Crippen LogP contribution is 2.34. The minimum absolute atomic E-state index is 0.247. The monoisotopic (exact) mass is 314 g/mol. The van der Waals surface area contributed by atoms with Gasteiger partial charge in [-0.05, 0) is 19.3 Å². The number of hydrogen-bond donors (Lipinski definition) is 1. The number of aromatic nitrogens is 4. The number of amides is 1. The van der Waals surface area contributed by atoms with E-state index in [1.54, 1.807) is 12.4 Å². The van der Waals surface area contributed by atoms with Gasteiger partial charge in [-0.2, -0.15) is 5.10 Å². The zero-order chi connectivity index (χ0) is 15.8. The lowest BCUT2D eigenvalue weighted by Crippen LogP contribution is -2.37. The van der Waals surface area contributed by atoms with Crippen LogP contribution in [-0.4, -0.2) is 50.2 Å². The molecule has 0 spiro atoms. The fraction of sp³-hybridized carbons (Fsp3) is 0.625. The molecule has 0 aromatic carbocycles. The van der Waals surface area contributed by atoms with Gasteiger partial charge in [0.05, 0.1) is 12.2 Å². The number of carbonyl (C=O) groups excluding carboxylic acids is 1. The Morgan fingerprint density at radius 3 is 2.83 bits per heavy atom. The van der Waals surface area contributed by atoms with Crippen molar-refractivity contribution in [2.24, 2.45) is 11.7 Å². The Labute approximate surface area is 134 Å². The second-order valence-electron chi connectivity index (χ2n) is 6.52. The summed E-state index contributed by atoms with van der Waals surface area (Å²) in [6, 6.07) is 0. The largest absolute Gasteiger partial charge is 0.342 e. The smallest absolute Gasteiger partial charge is 0.225 e. The molecule has 122 valence electrons. The van der Waals surface area contributed by atoms with Crippen LogP contribution in [0, 0.1) is 5.92 Å². The van der Waals surface area contributed by atoms with Crippen LogP contribution < -0.4 is 5.73 Å². The summed E-state index contributed by atoms with van der Waals surface area (Å²) in [6.07, 6.45) is 7.63. The Morgan fingerprint density at radius 2 is 2.09 bits per heavy atom. The van der Waals surface area contributed by atoms with Gasteiger partial charge in [-0.15, -0.1) is 0 Å². The van der Waals surface area contributed by atoms with Gasteiger partial charge in [0.1, 0.15) is 5.52 Å². The molecule has 2 aliphatic rings. The first kappa shape index (κ1) is 14.6. The van der Waals surface area contributed by atoms with Gasteiger partial charge in [-0.3, -0.25) is 4.79 Å². The molecule has 1 saturated carbocycles. The SMILES string of the molecule is NCCn1nc(C2CCN(C(=O)C3CCC3)C2)c2nccnc21. The molecule has 1 amide bonds. The summed E-state index contributed by atoms with van der Waals surface area (Å²) in [7, 11) is 0. The molecule has 2 fully saturated rings. The standard InChI is InChI=1S/C16H22N6O/c17-5-9-22-15-14(18-6-7-19-15)13(20-22)12-4-8-21(10-12)16(23)11-2-1-3-11/h6-7,11-12H,1-5,8-10,17H2. The summed E-state index contributed by atoms with van der Waals surface area (Å²) in [5.41, 5.74) is 8.27. The van der Waals surface area contributed by atoms with Crippen LogP contribution in [0.15, 0.2) is 12.4 Å². The topological polar surface area (TPSA) is 89.9 Å². The lowest BCUT2D eigenvalue weighted by atomic mass is 9.84. The fourth-order valence-corrected chi connectivity index (χ4v) is 3.58. The van der Waals surface area contributed by atoms with E-state index in [0.717, 1.165) is 49.2 Å². The Balaban J connectivity index is 1.58. The maximum absolute atomic E-state index is 12.4. The molecule has 7 heteroatoms. The van der Waals surface area contributed by atoms with Gasteiger partial charge in [0.15, 0.2) is 5.65 Å². The second-order valence-corrected chi connectivity index (χ2v) is 6.52. The Kier molecular flexibility index (Phi) is 3.72. The van der Waals surface area contributed by atoms with E-state index >= 15 is 0 Å². The van der Waals surface area contributed by atoms with Gasteiger partial charge >= 0.3 is 0 Å². The van der Waals surface area contributed by atoms with E-state index in [1.807, 2.05) is 9.58 Å². The third kappa shape index (κ3) is 2.49. The fourth-order valence-electron chi connectivity index (χ4n) is 3.58. The zero-order valence-corrected chi connectivity index (χ0v) is 13.2. The van der Waals surface area contributed by atoms with Crippen LogP contribution in [0.2, 0.25) is 0 Å². The molecule has 23 heavy (non-hydrogen) atoms. The minimum Gasteiger partial charge on any atom is -0.342 e. The van der Waals surface area contributed by atoms with Crippen molar-refractivity contribution >= 4 is 17.1 Å². The number of nitrogens with zero attached hydrogens (tertiary/aromatic N) is 5. The predicted octanol–water partition coefficient (Wildman–Crippen LogP) is 0.901. The van der Waals surface area contributed by atoms with Gasteiger partial charge in [0.2, 0.25) is 5.91 Å². The van der Waals surface area contributed by atoms with Crippen LogP contribution >= 0.6 is 0 Å². The zero-order valence-electron chi connectivity index (χ0n) is 13.2. The van der Waals surface area contributed by atoms with Crippen molar-refractivity contribution in [1.82, 2.24) is 24.6 Å². The molecule has 1 aliphatic carbocycles. The maximum atomic E-state index is 12.4. The Hall–Kier alpha value is -2.02. The van der Waals surface area contributed by atoms with Crippen LogP contribution in [0.25, 0.3) is 11.2 Å². The first-order valence-electron chi connectivity index (χ1n) is 8.44. The normalized spacial score (nSPS) is 21.8. The molecule has 2 aromatic heterocycles. The Morgan fingerprint density at radius 1 is 1.26 bits per heavy atom. The lowest BCUT2D eigenvalue weighted by molar-refractivity contribution is -0.137. The van der Waals surface area contributed by atoms with Crippen molar-refractivity contribution in [3.05, 3.63) is 18.1 Å². The van der Waals surface area contributed by atoms with Crippen molar-refractivity contribution in [3.63, 3.8) is 0 Å². The summed E-state index contributed by atoms with van der Waals surface area (Å²) in [4.78, 5) is 23.3.